The fourth-order valence-corrected chi connectivity index (χ4v) is 3.95. The quantitative estimate of drug-likeness (QED) is 0.884. The Morgan fingerprint density at radius 1 is 1.56 bits per heavy atom. The number of hydrogen-bond acceptors (Lipinski definition) is 2. The van der Waals surface area contributed by atoms with E-state index in [-0.39, 0.29) is 5.82 Å². The lowest BCUT2D eigenvalue weighted by molar-refractivity contribution is 0.624. The minimum atomic E-state index is -0.321. The highest BCUT2D eigenvalue weighted by Crippen LogP contribution is 2.32. The second kappa shape index (κ2) is 5.61. The largest absolute Gasteiger partial charge is 0.383 e. The van der Waals surface area contributed by atoms with Crippen LogP contribution in [0.1, 0.15) is 6.42 Å². The summed E-state index contributed by atoms with van der Waals surface area (Å²) in [6, 6.07) is 2.76. The molecular formula is C11H12BrClFNS. The van der Waals surface area contributed by atoms with E-state index in [9.17, 15) is 4.39 Å². The van der Waals surface area contributed by atoms with Crippen LogP contribution in [-0.4, -0.2) is 18.1 Å². The molecule has 1 heterocycles. The monoisotopic (exact) mass is 323 g/mol. The summed E-state index contributed by atoms with van der Waals surface area (Å²) in [5, 5.41) is 3.72. The van der Waals surface area contributed by atoms with Crippen LogP contribution in [0.2, 0.25) is 5.02 Å². The lowest BCUT2D eigenvalue weighted by Crippen LogP contribution is -2.14. The topological polar surface area (TPSA) is 12.0 Å². The third kappa shape index (κ3) is 3.05. The smallest absolute Gasteiger partial charge is 0.125 e. The maximum atomic E-state index is 13.0. The van der Waals surface area contributed by atoms with E-state index in [1.54, 1.807) is 0 Å². The minimum absolute atomic E-state index is 0.321. The van der Waals surface area contributed by atoms with Gasteiger partial charge in [-0.15, -0.1) is 0 Å². The van der Waals surface area contributed by atoms with E-state index in [0.717, 1.165) is 12.2 Å². The van der Waals surface area contributed by atoms with Crippen molar-refractivity contribution in [3.05, 3.63) is 27.4 Å². The van der Waals surface area contributed by atoms with E-state index < -0.39 is 0 Å². The molecule has 1 saturated heterocycles. The number of hydrogen-bond donors (Lipinski definition) is 1. The molecular weight excluding hydrogens is 313 g/mol. The number of anilines is 1. The molecule has 0 bridgehead atoms. The van der Waals surface area contributed by atoms with Gasteiger partial charge >= 0.3 is 0 Å². The van der Waals surface area contributed by atoms with Crippen LogP contribution in [0.4, 0.5) is 10.1 Å². The number of halogens is 3. The van der Waals surface area contributed by atoms with E-state index in [2.05, 4.69) is 21.2 Å². The lowest BCUT2D eigenvalue weighted by Gasteiger charge is -2.14. The molecule has 1 aliphatic rings. The zero-order chi connectivity index (χ0) is 11.5. The van der Waals surface area contributed by atoms with Crippen molar-refractivity contribution in [3.8, 4) is 0 Å². The summed E-state index contributed by atoms with van der Waals surface area (Å²) in [6.45, 7) is 0.900. The van der Waals surface area contributed by atoms with Crippen LogP contribution in [0.3, 0.4) is 0 Å². The van der Waals surface area contributed by atoms with Gasteiger partial charge in [0, 0.05) is 11.0 Å². The summed E-state index contributed by atoms with van der Waals surface area (Å²) in [5.41, 5.74) is 0.792. The predicted molar refractivity (Wildman–Crippen MR) is 73.0 cm³/mol. The Hall–Kier alpha value is 0.0700. The van der Waals surface area contributed by atoms with E-state index >= 15 is 0 Å². The molecule has 0 saturated carbocycles. The normalized spacial score (nSPS) is 20.1. The Morgan fingerprint density at radius 3 is 3.00 bits per heavy atom. The van der Waals surface area contributed by atoms with Crippen molar-refractivity contribution in [2.75, 3.05) is 23.4 Å². The number of nitrogens with one attached hydrogen (secondary N) is 1. The van der Waals surface area contributed by atoms with Gasteiger partial charge in [0.2, 0.25) is 0 Å². The zero-order valence-electron chi connectivity index (χ0n) is 8.60. The van der Waals surface area contributed by atoms with Crippen molar-refractivity contribution in [2.24, 2.45) is 5.92 Å². The minimum Gasteiger partial charge on any atom is -0.383 e. The van der Waals surface area contributed by atoms with Gasteiger partial charge in [-0.3, -0.25) is 0 Å². The van der Waals surface area contributed by atoms with Crippen LogP contribution < -0.4 is 5.32 Å². The highest BCUT2D eigenvalue weighted by atomic mass is 79.9. The van der Waals surface area contributed by atoms with Crippen LogP contribution in [-0.2, 0) is 0 Å². The molecule has 1 atom stereocenters. The third-order valence-electron chi connectivity index (χ3n) is 2.60. The number of rotatable bonds is 3. The summed E-state index contributed by atoms with van der Waals surface area (Å²) >= 11 is 11.3. The second-order valence-electron chi connectivity index (χ2n) is 3.85. The third-order valence-corrected chi connectivity index (χ3v) is 4.75. The molecule has 1 aromatic carbocycles. The van der Waals surface area contributed by atoms with Gasteiger partial charge in [-0.2, -0.15) is 11.8 Å². The van der Waals surface area contributed by atoms with E-state index in [1.165, 1.54) is 30.1 Å². The van der Waals surface area contributed by atoms with Gasteiger partial charge in [0.1, 0.15) is 5.82 Å². The Bertz CT molecular complexity index is 359. The molecule has 0 radical (unpaired) electrons. The first kappa shape index (κ1) is 12.5. The average molecular weight is 325 g/mol. The number of benzene rings is 1. The Labute approximate surface area is 112 Å². The van der Waals surface area contributed by atoms with Gasteiger partial charge < -0.3 is 5.32 Å². The van der Waals surface area contributed by atoms with Gasteiger partial charge in [-0.05, 0) is 51.9 Å². The highest BCUT2D eigenvalue weighted by Gasteiger charge is 2.16. The van der Waals surface area contributed by atoms with Gasteiger partial charge in [-0.1, -0.05) is 11.6 Å². The summed E-state index contributed by atoms with van der Waals surface area (Å²) in [5.74, 6) is 2.81. The molecule has 0 amide bonds. The maximum absolute atomic E-state index is 13.0. The molecule has 2 rings (SSSR count). The second-order valence-corrected chi connectivity index (χ2v) is 6.27. The molecule has 0 aliphatic carbocycles. The molecule has 16 heavy (non-hydrogen) atoms. The SMILES string of the molecule is Fc1cc(Cl)c(NCC2CCSC2)c(Br)c1. The summed E-state index contributed by atoms with van der Waals surface area (Å²) in [4.78, 5) is 0. The molecule has 88 valence electrons. The zero-order valence-corrected chi connectivity index (χ0v) is 11.8. The molecule has 1 unspecified atom stereocenters. The van der Waals surface area contributed by atoms with Crippen molar-refractivity contribution in [1.82, 2.24) is 0 Å². The molecule has 1 nitrogen and oxygen atoms in total. The van der Waals surface area contributed by atoms with Crippen molar-refractivity contribution in [3.63, 3.8) is 0 Å². The lowest BCUT2D eigenvalue weighted by atomic mass is 10.1. The predicted octanol–water partition coefficient (Wildman–Crippen LogP) is 4.41. The molecule has 0 aromatic heterocycles. The standard InChI is InChI=1S/C11H12BrClFNS/c12-9-3-8(14)4-10(13)11(9)15-5-7-1-2-16-6-7/h3-4,7,15H,1-2,5-6H2. The van der Waals surface area contributed by atoms with E-state index in [0.29, 0.717) is 15.4 Å². The first-order valence-electron chi connectivity index (χ1n) is 5.13. The highest BCUT2D eigenvalue weighted by molar-refractivity contribution is 9.10. The van der Waals surface area contributed by atoms with Crippen LogP contribution in [0.15, 0.2) is 16.6 Å². The molecule has 5 heteroatoms. The molecule has 1 fully saturated rings. The Morgan fingerprint density at radius 2 is 2.38 bits per heavy atom. The van der Waals surface area contributed by atoms with Gasteiger partial charge in [0.15, 0.2) is 0 Å². The summed E-state index contributed by atoms with van der Waals surface area (Å²) < 4.78 is 13.7. The van der Waals surface area contributed by atoms with Gasteiger partial charge in [0.05, 0.1) is 10.7 Å². The molecule has 1 aliphatic heterocycles. The summed E-state index contributed by atoms with van der Waals surface area (Å²) in [7, 11) is 0. The Balaban J connectivity index is 2.03. The number of thioether (sulfide) groups is 1. The first-order chi connectivity index (χ1) is 7.66. The van der Waals surface area contributed by atoms with Gasteiger partial charge in [0.25, 0.3) is 0 Å². The Kier molecular flexibility index (Phi) is 4.39. The van der Waals surface area contributed by atoms with Crippen molar-refractivity contribution < 1.29 is 4.39 Å². The van der Waals surface area contributed by atoms with E-state index in [1.807, 2.05) is 11.8 Å². The summed E-state index contributed by atoms with van der Waals surface area (Å²) in [6.07, 6.45) is 1.24. The van der Waals surface area contributed by atoms with Crippen LogP contribution in [0, 0.1) is 11.7 Å². The fraction of sp³-hybridized carbons (Fsp3) is 0.455. The van der Waals surface area contributed by atoms with E-state index in [4.69, 9.17) is 11.6 Å². The fourth-order valence-electron chi connectivity index (χ4n) is 1.70. The average Bonchev–Trinajstić information content (AvgIpc) is 2.68. The molecule has 0 spiro atoms. The first-order valence-corrected chi connectivity index (χ1v) is 7.45. The molecule has 1 aromatic rings. The van der Waals surface area contributed by atoms with Crippen molar-refractivity contribution in [1.29, 1.82) is 0 Å². The molecule has 1 N–H and O–H groups in total. The van der Waals surface area contributed by atoms with Crippen LogP contribution >= 0.6 is 39.3 Å². The van der Waals surface area contributed by atoms with Crippen molar-refractivity contribution >= 4 is 45.0 Å². The van der Waals surface area contributed by atoms with Crippen molar-refractivity contribution in [2.45, 2.75) is 6.42 Å². The van der Waals surface area contributed by atoms with Gasteiger partial charge in [-0.25, -0.2) is 4.39 Å². The van der Waals surface area contributed by atoms with Crippen LogP contribution in [0.5, 0.6) is 0 Å². The maximum Gasteiger partial charge on any atom is 0.125 e. The van der Waals surface area contributed by atoms with Crippen LogP contribution in [0.25, 0.3) is 0 Å².